The Labute approximate surface area is 121 Å². The number of carbonyl (C=O) groups is 1. The Balaban J connectivity index is 2.31. The number of rotatable bonds is 7. The molecule has 0 aliphatic rings. The third kappa shape index (κ3) is 3.52. The third-order valence-electron chi connectivity index (χ3n) is 2.92. The molecule has 0 saturated heterocycles. The Morgan fingerprint density at radius 2 is 2.30 bits per heavy atom. The van der Waals surface area contributed by atoms with Crippen LogP contribution in [0.3, 0.4) is 0 Å². The number of carboxylic acid groups (broad SMARTS) is 1. The van der Waals surface area contributed by atoms with Crippen LogP contribution in [0.15, 0.2) is 23.4 Å². The van der Waals surface area contributed by atoms with E-state index < -0.39 is 5.97 Å². The average Bonchev–Trinajstić information content (AvgIpc) is 2.74. The van der Waals surface area contributed by atoms with Gasteiger partial charge in [0.1, 0.15) is 0 Å². The fourth-order valence-corrected chi connectivity index (χ4v) is 2.80. The van der Waals surface area contributed by atoms with Crippen molar-refractivity contribution in [3.63, 3.8) is 0 Å². The van der Waals surface area contributed by atoms with E-state index in [0.29, 0.717) is 6.61 Å². The molecule has 2 aromatic rings. The van der Waals surface area contributed by atoms with Crippen molar-refractivity contribution < 1.29 is 14.6 Å². The summed E-state index contributed by atoms with van der Waals surface area (Å²) >= 11 is 1.26. The normalized spacial score (nSPS) is 11.1. The van der Waals surface area contributed by atoms with Crippen LogP contribution in [0.2, 0.25) is 0 Å². The molecule has 0 aliphatic carbocycles. The molecule has 0 radical (unpaired) electrons. The molecule has 0 bridgehead atoms. The molecule has 1 aromatic heterocycles. The van der Waals surface area contributed by atoms with E-state index in [1.165, 1.54) is 11.8 Å². The number of carboxylic acids is 1. The minimum atomic E-state index is -0.832. The highest BCUT2D eigenvalue weighted by atomic mass is 32.2. The number of ether oxygens (including phenoxy) is 1. The van der Waals surface area contributed by atoms with Gasteiger partial charge in [-0.1, -0.05) is 17.8 Å². The molecule has 0 saturated carbocycles. The van der Waals surface area contributed by atoms with Gasteiger partial charge in [-0.15, -0.1) is 0 Å². The zero-order valence-corrected chi connectivity index (χ0v) is 12.4. The third-order valence-corrected chi connectivity index (χ3v) is 3.88. The van der Waals surface area contributed by atoms with Crippen molar-refractivity contribution in [2.24, 2.45) is 0 Å². The van der Waals surface area contributed by atoms with Crippen LogP contribution in [-0.4, -0.2) is 40.1 Å². The van der Waals surface area contributed by atoms with Crippen molar-refractivity contribution >= 4 is 28.8 Å². The molecule has 108 valence electrons. The standard InChI is InChI=1S/C14H18N2O3S/c1-10-4-5-12-11(8-10)15-14(20-9-13(17)18)16(12)6-3-7-19-2/h4-5,8H,3,6-7,9H2,1-2H3,(H,17,18). The zero-order chi connectivity index (χ0) is 14.5. The lowest BCUT2D eigenvalue weighted by Gasteiger charge is -2.07. The molecule has 0 unspecified atom stereocenters. The number of imidazole rings is 1. The number of aliphatic carboxylic acids is 1. The molecule has 0 fully saturated rings. The number of aryl methyl sites for hydroxylation is 2. The molecule has 6 heteroatoms. The number of thioether (sulfide) groups is 1. The molecule has 1 aromatic carbocycles. The van der Waals surface area contributed by atoms with Crippen LogP contribution >= 0.6 is 11.8 Å². The first-order valence-electron chi connectivity index (χ1n) is 6.42. The monoisotopic (exact) mass is 294 g/mol. The molecule has 0 spiro atoms. The molecule has 1 N–H and O–H groups in total. The Morgan fingerprint density at radius 3 is 3.00 bits per heavy atom. The van der Waals surface area contributed by atoms with E-state index in [-0.39, 0.29) is 5.75 Å². The van der Waals surface area contributed by atoms with Crippen molar-refractivity contribution in [1.82, 2.24) is 9.55 Å². The number of methoxy groups -OCH3 is 1. The minimum Gasteiger partial charge on any atom is -0.481 e. The van der Waals surface area contributed by atoms with Gasteiger partial charge in [0, 0.05) is 20.3 Å². The first-order chi connectivity index (χ1) is 9.61. The molecule has 0 aliphatic heterocycles. The second-order valence-electron chi connectivity index (χ2n) is 4.57. The zero-order valence-electron chi connectivity index (χ0n) is 11.6. The lowest BCUT2D eigenvalue weighted by molar-refractivity contribution is -0.133. The van der Waals surface area contributed by atoms with Crippen LogP contribution in [-0.2, 0) is 16.1 Å². The lowest BCUT2D eigenvalue weighted by Crippen LogP contribution is -2.05. The van der Waals surface area contributed by atoms with E-state index in [1.807, 2.05) is 25.1 Å². The number of hydrogen-bond acceptors (Lipinski definition) is 4. The number of hydrogen-bond donors (Lipinski definition) is 1. The Kier molecular flexibility index (Phi) is 5.03. The van der Waals surface area contributed by atoms with E-state index in [9.17, 15) is 4.79 Å². The van der Waals surface area contributed by atoms with Crippen LogP contribution in [0.1, 0.15) is 12.0 Å². The highest BCUT2D eigenvalue weighted by Crippen LogP contribution is 2.25. The summed E-state index contributed by atoms with van der Waals surface area (Å²) in [6.45, 7) is 3.47. The maximum absolute atomic E-state index is 10.7. The Hall–Kier alpha value is -1.53. The molecular formula is C14H18N2O3S. The lowest BCUT2D eigenvalue weighted by atomic mass is 10.2. The first kappa shape index (κ1) is 14.9. The summed E-state index contributed by atoms with van der Waals surface area (Å²) in [6, 6.07) is 6.10. The van der Waals surface area contributed by atoms with E-state index in [2.05, 4.69) is 9.55 Å². The molecule has 2 rings (SSSR count). The van der Waals surface area contributed by atoms with Gasteiger partial charge in [0.2, 0.25) is 0 Å². The summed E-state index contributed by atoms with van der Waals surface area (Å²) in [4.78, 5) is 15.3. The van der Waals surface area contributed by atoms with Gasteiger partial charge < -0.3 is 14.4 Å². The van der Waals surface area contributed by atoms with Gasteiger partial charge in [0.25, 0.3) is 0 Å². The Bertz CT molecular complexity index is 610. The summed E-state index contributed by atoms with van der Waals surface area (Å²) in [5.74, 6) is -0.811. The summed E-state index contributed by atoms with van der Waals surface area (Å²) in [6.07, 6.45) is 0.871. The van der Waals surface area contributed by atoms with Crippen molar-refractivity contribution in [1.29, 1.82) is 0 Å². The van der Waals surface area contributed by atoms with Gasteiger partial charge in [0.05, 0.1) is 16.8 Å². The van der Waals surface area contributed by atoms with E-state index in [0.717, 1.165) is 34.7 Å². The molecule has 0 amide bonds. The highest BCUT2D eigenvalue weighted by Gasteiger charge is 2.12. The molecule has 20 heavy (non-hydrogen) atoms. The predicted octanol–water partition coefficient (Wildman–Crippen LogP) is 2.56. The summed E-state index contributed by atoms with van der Waals surface area (Å²) in [5, 5.41) is 9.57. The minimum absolute atomic E-state index is 0.0204. The molecule has 1 heterocycles. The topological polar surface area (TPSA) is 64.3 Å². The molecule has 5 nitrogen and oxygen atoms in total. The smallest absolute Gasteiger partial charge is 0.313 e. The van der Waals surface area contributed by atoms with Crippen molar-refractivity contribution in [2.45, 2.75) is 25.0 Å². The van der Waals surface area contributed by atoms with Crippen LogP contribution in [0.4, 0.5) is 0 Å². The SMILES string of the molecule is COCCCn1c(SCC(=O)O)nc2cc(C)ccc21. The molecule has 0 atom stereocenters. The second-order valence-corrected chi connectivity index (χ2v) is 5.51. The van der Waals surface area contributed by atoms with Crippen LogP contribution in [0.25, 0.3) is 11.0 Å². The van der Waals surface area contributed by atoms with Crippen LogP contribution in [0, 0.1) is 6.92 Å². The quantitative estimate of drug-likeness (QED) is 0.628. The van der Waals surface area contributed by atoms with Crippen LogP contribution < -0.4 is 0 Å². The number of aromatic nitrogens is 2. The van der Waals surface area contributed by atoms with E-state index in [4.69, 9.17) is 9.84 Å². The van der Waals surface area contributed by atoms with Crippen molar-refractivity contribution in [3.8, 4) is 0 Å². The largest absolute Gasteiger partial charge is 0.481 e. The van der Waals surface area contributed by atoms with Gasteiger partial charge >= 0.3 is 5.97 Å². The second kappa shape index (κ2) is 6.76. The maximum atomic E-state index is 10.7. The van der Waals surface area contributed by atoms with E-state index >= 15 is 0 Å². The van der Waals surface area contributed by atoms with Crippen molar-refractivity contribution in [2.75, 3.05) is 19.5 Å². The van der Waals surface area contributed by atoms with Gasteiger partial charge in [-0.05, 0) is 31.0 Å². The summed E-state index contributed by atoms with van der Waals surface area (Å²) in [5.41, 5.74) is 3.10. The average molecular weight is 294 g/mol. The maximum Gasteiger partial charge on any atom is 0.313 e. The van der Waals surface area contributed by atoms with Gasteiger partial charge in [-0.2, -0.15) is 0 Å². The van der Waals surface area contributed by atoms with Crippen molar-refractivity contribution in [3.05, 3.63) is 23.8 Å². The number of benzene rings is 1. The van der Waals surface area contributed by atoms with Gasteiger partial charge in [0.15, 0.2) is 5.16 Å². The summed E-state index contributed by atoms with van der Waals surface area (Å²) in [7, 11) is 1.68. The highest BCUT2D eigenvalue weighted by molar-refractivity contribution is 7.99. The van der Waals surface area contributed by atoms with Gasteiger partial charge in [-0.3, -0.25) is 4.79 Å². The fourth-order valence-electron chi connectivity index (χ4n) is 2.04. The molecular weight excluding hydrogens is 276 g/mol. The van der Waals surface area contributed by atoms with E-state index in [1.54, 1.807) is 7.11 Å². The Morgan fingerprint density at radius 1 is 1.50 bits per heavy atom. The predicted molar refractivity (Wildman–Crippen MR) is 79.3 cm³/mol. The number of nitrogens with zero attached hydrogens (tertiary/aromatic N) is 2. The first-order valence-corrected chi connectivity index (χ1v) is 7.41. The summed E-state index contributed by atoms with van der Waals surface area (Å²) < 4.78 is 7.15. The fraction of sp³-hybridized carbons (Fsp3) is 0.429. The van der Waals surface area contributed by atoms with Gasteiger partial charge in [-0.25, -0.2) is 4.98 Å². The number of fused-ring (bicyclic) bond motifs is 1. The van der Waals surface area contributed by atoms with Crippen LogP contribution in [0.5, 0.6) is 0 Å².